The Hall–Kier alpha value is -1.20. The number of benzene rings is 1. The lowest BCUT2D eigenvalue weighted by Crippen LogP contribution is -2.23. The Bertz CT molecular complexity index is 553. The molecule has 1 aromatic heterocycles. The van der Waals surface area contributed by atoms with Crippen LogP contribution in [0.4, 0.5) is 4.39 Å². The largest absolute Gasteiger partial charge is 0.310 e. The molecule has 1 aromatic carbocycles. The summed E-state index contributed by atoms with van der Waals surface area (Å²) in [5, 5.41) is 7.80. The van der Waals surface area contributed by atoms with Crippen LogP contribution >= 0.6 is 15.9 Å². The van der Waals surface area contributed by atoms with Gasteiger partial charge in [0.05, 0.1) is 10.2 Å². The molecular formula is C14H17BrFN3. The van der Waals surface area contributed by atoms with Gasteiger partial charge in [0.2, 0.25) is 0 Å². The van der Waals surface area contributed by atoms with Crippen molar-refractivity contribution in [1.82, 2.24) is 15.1 Å². The van der Waals surface area contributed by atoms with Gasteiger partial charge < -0.3 is 5.32 Å². The Labute approximate surface area is 121 Å². The van der Waals surface area contributed by atoms with Crippen molar-refractivity contribution >= 4 is 15.9 Å². The minimum atomic E-state index is -0.239. The average Bonchev–Trinajstić information content (AvgIpc) is 2.78. The SMILES string of the molecule is CCNC(Cc1ccn(C)n1)c1ccc(F)c(Br)c1. The molecule has 5 heteroatoms. The van der Waals surface area contributed by atoms with Crippen LogP contribution in [0.25, 0.3) is 0 Å². The minimum absolute atomic E-state index is 0.136. The molecule has 1 atom stereocenters. The number of nitrogens with zero attached hydrogens (tertiary/aromatic N) is 2. The van der Waals surface area contributed by atoms with E-state index in [0.717, 1.165) is 24.2 Å². The van der Waals surface area contributed by atoms with E-state index in [1.54, 1.807) is 4.68 Å². The van der Waals surface area contributed by atoms with Crippen molar-refractivity contribution in [2.75, 3.05) is 6.54 Å². The van der Waals surface area contributed by atoms with Gasteiger partial charge >= 0.3 is 0 Å². The third-order valence-corrected chi connectivity index (χ3v) is 3.59. The molecule has 2 rings (SSSR count). The normalized spacial score (nSPS) is 12.6. The first-order chi connectivity index (χ1) is 9.10. The predicted octanol–water partition coefficient (Wildman–Crippen LogP) is 3.22. The van der Waals surface area contributed by atoms with E-state index in [9.17, 15) is 4.39 Å². The van der Waals surface area contributed by atoms with Crippen molar-refractivity contribution in [3.8, 4) is 0 Å². The Morgan fingerprint density at radius 1 is 1.42 bits per heavy atom. The summed E-state index contributed by atoms with van der Waals surface area (Å²) in [6.45, 7) is 2.91. The molecule has 0 saturated carbocycles. The van der Waals surface area contributed by atoms with Gasteiger partial charge in [-0.15, -0.1) is 0 Å². The molecule has 1 unspecified atom stereocenters. The van der Waals surface area contributed by atoms with Crippen molar-refractivity contribution in [3.63, 3.8) is 0 Å². The molecule has 1 N–H and O–H groups in total. The summed E-state index contributed by atoms with van der Waals surface area (Å²) in [6.07, 6.45) is 2.71. The molecule has 19 heavy (non-hydrogen) atoms. The van der Waals surface area contributed by atoms with E-state index in [1.807, 2.05) is 31.4 Å². The summed E-state index contributed by atoms with van der Waals surface area (Å²) in [7, 11) is 1.90. The zero-order valence-corrected chi connectivity index (χ0v) is 12.6. The number of aryl methyl sites for hydroxylation is 1. The highest BCUT2D eigenvalue weighted by Gasteiger charge is 2.14. The highest BCUT2D eigenvalue weighted by Crippen LogP contribution is 2.23. The molecule has 0 amide bonds. The van der Waals surface area contributed by atoms with Crippen LogP contribution in [0.1, 0.15) is 24.2 Å². The summed E-state index contributed by atoms with van der Waals surface area (Å²) in [6, 6.07) is 7.27. The van der Waals surface area contributed by atoms with Gasteiger partial charge in [-0.1, -0.05) is 13.0 Å². The van der Waals surface area contributed by atoms with Crippen LogP contribution in [-0.2, 0) is 13.5 Å². The average molecular weight is 326 g/mol. The number of rotatable bonds is 5. The molecule has 0 fully saturated rings. The quantitative estimate of drug-likeness (QED) is 0.914. The predicted molar refractivity (Wildman–Crippen MR) is 77.4 cm³/mol. The molecule has 2 aromatic rings. The lowest BCUT2D eigenvalue weighted by Gasteiger charge is -2.17. The van der Waals surface area contributed by atoms with Crippen LogP contribution in [0, 0.1) is 5.82 Å². The number of hydrogen-bond acceptors (Lipinski definition) is 2. The maximum Gasteiger partial charge on any atom is 0.137 e. The monoisotopic (exact) mass is 325 g/mol. The maximum absolute atomic E-state index is 13.3. The lowest BCUT2D eigenvalue weighted by molar-refractivity contribution is 0.537. The van der Waals surface area contributed by atoms with E-state index in [4.69, 9.17) is 0 Å². The summed E-state index contributed by atoms with van der Waals surface area (Å²) >= 11 is 3.23. The van der Waals surface area contributed by atoms with Crippen molar-refractivity contribution in [1.29, 1.82) is 0 Å². The van der Waals surface area contributed by atoms with Gasteiger partial charge in [0.1, 0.15) is 5.82 Å². The molecule has 0 spiro atoms. The van der Waals surface area contributed by atoms with Crippen molar-refractivity contribution < 1.29 is 4.39 Å². The Balaban J connectivity index is 2.21. The number of halogens is 2. The second kappa shape index (κ2) is 6.30. The third-order valence-electron chi connectivity index (χ3n) is 2.98. The first-order valence-electron chi connectivity index (χ1n) is 6.27. The topological polar surface area (TPSA) is 29.9 Å². The summed E-state index contributed by atoms with van der Waals surface area (Å²) in [4.78, 5) is 0. The number of aromatic nitrogens is 2. The fourth-order valence-corrected chi connectivity index (χ4v) is 2.46. The van der Waals surface area contributed by atoms with E-state index in [2.05, 4.69) is 33.3 Å². The summed E-state index contributed by atoms with van der Waals surface area (Å²) < 4.78 is 15.6. The molecule has 3 nitrogen and oxygen atoms in total. The molecule has 0 radical (unpaired) electrons. The lowest BCUT2D eigenvalue weighted by atomic mass is 10.0. The zero-order chi connectivity index (χ0) is 13.8. The van der Waals surface area contributed by atoms with E-state index >= 15 is 0 Å². The van der Waals surface area contributed by atoms with Crippen molar-refractivity contribution in [3.05, 3.63) is 52.0 Å². The molecule has 0 aliphatic heterocycles. The number of nitrogens with one attached hydrogen (secondary N) is 1. The first-order valence-corrected chi connectivity index (χ1v) is 7.06. The van der Waals surface area contributed by atoms with Crippen LogP contribution in [0.5, 0.6) is 0 Å². The van der Waals surface area contributed by atoms with E-state index in [1.165, 1.54) is 6.07 Å². The fourth-order valence-electron chi connectivity index (χ4n) is 2.06. The van der Waals surface area contributed by atoms with Crippen LogP contribution < -0.4 is 5.32 Å². The molecule has 0 aliphatic carbocycles. The third kappa shape index (κ3) is 3.64. The number of likely N-dealkylation sites (N-methyl/N-ethyl adjacent to an activating group) is 1. The Morgan fingerprint density at radius 3 is 2.79 bits per heavy atom. The van der Waals surface area contributed by atoms with Crippen LogP contribution in [0.2, 0.25) is 0 Å². The standard InChI is InChI=1S/C14H17BrFN3/c1-3-17-14(9-11-6-7-19(2)18-11)10-4-5-13(16)12(15)8-10/h4-8,14,17H,3,9H2,1-2H3. The summed E-state index contributed by atoms with van der Waals surface area (Å²) in [5.74, 6) is -0.239. The van der Waals surface area contributed by atoms with Crippen LogP contribution in [-0.4, -0.2) is 16.3 Å². The molecule has 102 valence electrons. The zero-order valence-electron chi connectivity index (χ0n) is 11.0. The van der Waals surface area contributed by atoms with Gasteiger partial charge in [-0.05, 0) is 46.2 Å². The van der Waals surface area contributed by atoms with E-state index < -0.39 is 0 Å². The minimum Gasteiger partial charge on any atom is -0.310 e. The molecule has 0 saturated heterocycles. The van der Waals surface area contributed by atoms with Crippen molar-refractivity contribution in [2.45, 2.75) is 19.4 Å². The molecular weight excluding hydrogens is 309 g/mol. The smallest absolute Gasteiger partial charge is 0.137 e. The first kappa shape index (κ1) is 14.2. The number of hydrogen-bond donors (Lipinski definition) is 1. The Kier molecular flexibility index (Phi) is 4.71. The maximum atomic E-state index is 13.3. The van der Waals surface area contributed by atoms with Gasteiger partial charge in [0, 0.05) is 25.7 Å². The van der Waals surface area contributed by atoms with Crippen LogP contribution in [0.3, 0.4) is 0 Å². The van der Waals surface area contributed by atoms with Gasteiger partial charge in [0.25, 0.3) is 0 Å². The Morgan fingerprint density at radius 2 is 2.21 bits per heavy atom. The molecule has 1 heterocycles. The van der Waals surface area contributed by atoms with Gasteiger partial charge in [-0.25, -0.2) is 4.39 Å². The molecule has 0 bridgehead atoms. The van der Waals surface area contributed by atoms with Crippen molar-refractivity contribution in [2.24, 2.45) is 7.05 Å². The second-order valence-corrected chi connectivity index (χ2v) is 5.32. The summed E-state index contributed by atoms with van der Waals surface area (Å²) in [5.41, 5.74) is 2.08. The highest BCUT2D eigenvalue weighted by molar-refractivity contribution is 9.10. The van der Waals surface area contributed by atoms with E-state index in [-0.39, 0.29) is 11.9 Å². The van der Waals surface area contributed by atoms with Gasteiger partial charge in [0.15, 0.2) is 0 Å². The molecule has 0 aliphatic rings. The van der Waals surface area contributed by atoms with Crippen LogP contribution in [0.15, 0.2) is 34.9 Å². The highest BCUT2D eigenvalue weighted by atomic mass is 79.9. The second-order valence-electron chi connectivity index (χ2n) is 4.47. The van der Waals surface area contributed by atoms with Gasteiger partial charge in [-0.2, -0.15) is 5.10 Å². The van der Waals surface area contributed by atoms with Gasteiger partial charge in [-0.3, -0.25) is 4.68 Å². The fraction of sp³-hybridized carbons (Fsp3) is 0.357. The van der Waals surface area contributed by atoms with E-state index in [0.29, 0.717) is 4.47 Å².